The van der Waals surface area contributed by atoms with Gasteiger partial charge in [-0.25, -0.2) is 14.8 Å². The number of halogens is 1. The standard InChI is InChI=1S/C23H24ClN5O/c24-17-8-6-7-16(15-17)20-13-12-19(25)22(27-20)29(18-9-2-1-3-10-18)23(30)28-21-11-4-5-14-26-21/h4-8,11-15,18H,1-3,9-10,25H2,(H,26,28,30). The van der Waals surface area contributed by atoms with Crippen LogP contribution < -0.4 is 16.0 Å². The molecule has 0 bridgehead atoms. The molecule has 1 fully saturated rings. The van der Waals surface area contributed by atoms with E-state index in [2.05, 4.69) is 10.3 Å². The Morgan fingerprint density at radius 2 is 1.90 bits per heavy atom. The third kappa shape index (κ3) is 4.54. The zero-order chi connectivity index (χ0) is 20.9. The molecule has 30 heavy (non-hydrogen) atoms. The molecule has 2 amide bonds. The zero-order valence-electron chi connectivity index (χ0n) is 16.6. The molecule has 154 valence electrons. The summed E-state index contributed by atoms with van der Waals surface area (Å²) < 4.78 is 0. The van der Waals surface area contributed by atoms with Crippen molar-refractivity contribution in [3.05, 3.63) is 65.8 Å². The summed E-state index contributed by atoms with van der Waals surface area (Å²) in [5.41, 5.74) is 8.36. The first-order valence-corrected chi connectivity index (χ1v) is 10.5. The molecule has 2 heterocycles. The van der Waals surface area contributed by atoms with Gasteiger partial charge in [-0.3, -0.25) is 10.2 Å². The van der Waals surface area contributed by atoms with E-state index in [4.69, 9.17) is 22.3 Å². The minimum Gasteiger partial charge on any atom is -0.396 e. The summed E-state index contributed by atoms with van der Waals surface area (Å²) in [4.78, 5) is 24.0. The summed E-state index contributed by atoms with van der Waals surface area (Å²) in [7, 11) is 0. The molecular formula is C23H24ClN5O. The molecule has 3 aromatic rings. The number of aromatic nitrogens is 2. The van der Waals surface area contributed by atoms with Gasteiger partial charge in [0.05, 0.1) is 11.4 Å². The molecule has 1 aliphatic rings. The highest BCUT2D eigenvalue weighted by Crippen LogP contribution is 2.33. The minimum atomic E-state index is -0.275. The van der Waals surface area contributed by atoms with Gasteiger partial charge in [0, 0.05) is 22.8 Å². The normalized spacial score (nSPS) is 14.3. The minimum absolute atomic E-state index is 0.0341. The Morgan fingerprint density at radius 1 is 1.07 bits per heavy atom. The van der Waals surface area contributed by atoms with Crippen LogP contribution in [0.25, 0.3) is 11.3 Å². The number of nitrogen functional groups attached to an aromatic ring is 1. The molecule has 0 spiro atoms. The fourth-order valence-corrected chi connectivity index (χ4v) is 4.03. The number of rotatable bonds is 4. The number of benzene rings is 1. The van der Waals surface area contributed by atoms with E-state index in [9.17, 15) is 4.79 Å². The van der Waals surface area contributed by atoms with Crippen LogP contribution in [0.2, 0.25) is 5.02 Å². The Hall–Kier alpha value is -3.12. The molecule has 0 radical (unpaired) electrons. The van der Waals surface area contributed by atoms with E-state index in [1.807, 2.05) is 42.5 Å². The quantitative estimate of drug-likeness (QED) is 0.561. The Morgan fingerprint density at radius 3 is 2.63 bits per heavy atom. The van der Waals surface area contributed by atoms with Gasteiger partial charge < -0.3 is 5.73 Å². The third-order valence-electron chi connectivity index (χ3n) is 5.31. The van der Waals surface area contributed by atoms with Gasteiger partial charge in [0.2, 0.25) is 0 Å². The predicted molar refractivity (Wildman–Crippen MR) is 122 cm³/mol. The van der Waals surface area contributed by atoms with Gasteiger partial charge in [-0.1, -0.05) is 49.1 Å². The molecule has 6 nitrogen and oxygen atoms in total. The second-order valence-corrected chi connectivity index (χ2v) is 7.86. The van der Waals surface area contributed by atoms with Gasteiger partial charge in [0.1, 0.15) is 5.82 Å². The second-order valence-electron chi connectivity index (χ2n) is 7.43. The summed E-state index contributed by atoms with van der Waals surface area (Å²) in [6.45, 7) is 0. The Kier molecular flexibility index (Phi) is 6.14. The molecule has 0 aliphatic heterocycles. The molecule has 3 N–H and O–H groups in total. The largest absolute Gasteiger partial charge is 0.396 e. The summed E-state index contributed by atoms with van der Waals surface area (Å²) >= 11 is 6.16. The number of nitrogens with one attached hydrogen (secondary N) is 1. The molecule has 0 unspecified atom stereocenters. The van der Waals surface area contributed by atoms with Crippen molar-refractivity contribution in [2.45, 2.75) is 38.1 Å². The van der Waals surface area contributed by atoms with Gasteiger partial charge in [-0.15, -0.1) is 0 Å². The van der Waals surface area contributed by atoms with Crippen molar-refractivity contribution in [2.24, 2.45) is 0 Å². The fourth-order valence-electron chi connectivity index (χ4n) is 3.84. The lowest BCUT2D eigenvalue weighted by Gasteiger charge is -2.34. The number of anilines is 3. The highest BCUT2D eigenvalue weighted by Gasteiger charge is 2.30. The van der Waals surface area contributed by atoms with Crippen molar-refractivity contribution in [1.82, 2.24) is 9.97 Å². The van der Waals surface area contributed by atoms with Crippen molar-refractivity contribution in [1.29, 1.82) is 0 Å². The van der Waals surface area contributed by atoms with Gasteiger partial charge >= 0.3 is 6.03 Å². The Labute approximate surface area is 181 Å². The lowest BCUT2D eigenvalue weighted by atomic mass is 9.94. The predicted octanol–water partition coefficient (Wildman–Crippen LogP) is 5.75. The lowest BCUT2D eigenvalue weighted by molar-refractivity contribution is 0.252. The first-order chi connectivity index (χ1) is 14.6. The number of nitrogens with zero attached hydrogens (tertiary/aromatic N) is 3. The maximum atomic E-state index is 13.3. The summed E-state index contributed by atoms with van der Waals surface area (Å²) in [6, 6.07) is 16.3. The highest BCUT2D eigenvalue weighted by molar-refractivity contribution is 6.30. The summed E-state index contributed by atoms with van der Waals surface area (Å²) in [6.07, 6.45) is 6.80. The van der Waals surface area contributed by atoms with Crippen molar-refractivity contribution in [3.8, 4) is 11.3 Å². The van der Waals surface area contributed by atoms with Crippen molar-refractivity contribution in [2.75, 3.05) is 16.0 Å². The Balaban J connectivity index is 1.72. The molecular weight excluding hydrogens is 398 g/mol. The number of carbonyl (C=O) groups is 1. The smallest absolute Gasteiger partial charge is 0.328 e. The van der Waals surface area contributed by atoms with Crippen LogP contribution in [-0.2, 0) is 0 Å². The highest BCUT2D eigenvalue weighted by atomic mass is 35.5. The van der Waals surface area contributed by atoms with Crippen molar-refractivity contribution < 1.29 is 4.79 Å². The van der Waals surface area contributed by atoms with Gasteiger partial charge in [-0.2, -0.15) is 0 Å². The van der Waals surface area contributed by atoms with Crippen molar-refractivity contribution in [3.63, 3.8) is 0 Å². The van der Waals surface area contributed by atoms with Crippen LogP contribution in [0.15, 0.2) is 60.8 Å². The van der Waals surface area contributed by atoms with E-state index >= 15 is 0 Å². The average Bonchev–Trinajstić information content (AvgIpc) is 2.77. The first-order valence-electron chi connectivity index (χ1n) is 10.2. The average molecular weight is 422 g/mol. The van der Waals surface area contributed by atoms with Crippen LogP contribution in [0.4, 0.5) is 22.1 Å². The number of amides is 2. The fraction of sp³-hybridized carbons (Fsp3) is 0.261. The van der Waals surface area contributed by atoms with Crippen LogP contribution in [0.3, 0.4) is 0 Å². The number of pyridine rings is 2. The number of nitrogens with two attached hydrogens (primary N) is 1. The van der Waals surface area contributed by atoms with Gasteiger partial charge in [0.25, 0.3) is 0 Å². The van der Waals surface area contributed by atoms with E-state index < -0.39 is 0 Å². The van der Waals surface area contributed by atoms with Gasteiger partial charge in [-0.05, 0) is 49.2 Å². The van der Waals surface area contributed by atoms with Crippen molar-refractivity contribution >= 4 is 35.0 Å². The molecule has 1 aromatic carbocycles. The molecule has 7 heteroatoms. The first kappa shape index (κ1) is 20.2. The molecule has 1 saturated carbocycles. The van der Waals surface area contributed by atoms with Crippen LogP contribution in [-0.4, -0.2) is 22.0 Å². The van der Waals surface area contributed by atoms with Crippen LogP contribution in [0.5, 0.6) is 0 Å². The van der Waals surface area contributed by atoms with Crippen LogP contribution >= 0.6 is 11.6 Å². The number of urea groups is 1. The molecule has 2 aromatic heterocycles. The number of hydrogen-bond acceptors (Lipinski definition) is 4. The zero-order valence-corrected chi connectivity index (χ0v) is 17.3. The Bertz CT molecular complexity index is 1020. The van der Waals surface area contributed by atoms with Crippen LogP contribution in [0.1, 0.15) is 32.1 Å². The summed E-state index contributed by atoms with van der Waals surface area (Å²) in [5, 5.41) is 3.52. The number of carbonyl (C=O) groups excluding carboxylic acids is 1. The third-order valence-corrected chi connectivity index (χ3v) is 5.55. The van der Waals surface area contributed by atoms with Crippen LogP contribution in [0, 0.1) is 0 Å². The lowest BCUT2D eigenvalue weighted by Crippen LogP contribution is -2.45. The SMILES string of the molecule is Nc1ccc(-c2cccc(Cl)c2)nc1N(C(=O)Nc1ccccn1)C1CCCCC1. The molecule has 0 atom stereocenters. The second kappa shape index (κ2) is 9.13. The van der Waals surface area contributed by atoms with E-state index in [0.717, 1.165) is 31.2 Å². The maximum absolute atomic E-state index is 13.3. The topological polar surface area (TPSA) is 84.1 Å². The van der Waals surface area contributed by atoms with E-state index in [1.54, 1.807) is 23.2 Å². The molecule has 0 saturated heterocycles. The maximum Gasteiger partial charge on any atom is 0.328 e. The van der Waals surface area contributed by atoms with E-state index in [0.29, 0.717) is 28.0 Å². The van der Waals surface area contributed by atoms with Gasteiger partial charge in [0.15, 0.2) is 5.82 Å². The summed E-state index contributed by atoms with van der Waals surface area (Å²) in [5.74, 6) is 0.959. The van der Waals surface area contributed by atoms with E-state index in [-0.39, 0.29) is 12.1 Å². The van der Waals surface area contributed by atoms with E-state index in [1.165, 1.54) is 6.42 Å². The number of hydrogen-bond donors (Lipinski definition) is 2. The molecule has 1 aliphatic carbocycles. The monoisotopic (exact) mass is 421 g/mol. The molecule has 4 rings (SSSR count).